The quantitative estimate of drug-likeness (QED) is 0.779. The lowest BCUT2D eigenvalue weighted by Gasteiger charge is -2.31. The van der Waals surface area contributed by atoms with Crippen molar-refractivity contribution >= 4 is 27.8 Å². The summed E-state index contributed by atoms with van der Waals surface area (Å²) in [6.45, 7) is 6.07. The third-order valence-corrected chi connectivity index (χ3v) is 4.19. The summed E-state index contributed by atoms with van der Waals surface area (Å²) in [4.78, 5) is 26.3. The molecule has 1 fully saturated rings. The second-order valence-electron chi connectivity index (χ2n) is 5.17. The molecule has 0 N–H and O–H groups in total. The number of likely N-dealkylation sites (tertiary alicyclic amines) is 1. The molecular formula is C15H21BrN2O3. The summed E-state index contributed by atoms with van der Waals surface area (Å²) < 4.78 is 7.89. The van der Waals surface area contributed by atoms with E-state index in [-0.39, 0.29) is 17.8 Å². The number of hydrogen-bond donors (Lipinski definition) is 0. The van der Waals surface area contributed by atoms with Gasteiger partial charge in [-0.3, -0.25) is 9.59 Å². The number of esters is 1. The fraction of sp³-hybridized carbons (Fsp3) is 0.600. The molecule has 0 saturated carbocycles. The third kappa shape index (κ3) is 3.67. The molecule has 1 aliphatic rings. The number of carbonyl (C=O) groups is 2. The van der Waals surface area contributed by atoms with Crippen LogP contribution >= 0.6 is 15.9 Å². The van der Waals surface area contributed by atoms with E-state index >= 15 is 0 Å². The van der Waals surface area contributed by atoms with E-state index in [0.29, 0.717) is 25.4 Å². The maximum Gasteiger partial charge on any atom is 0.310 e. The maximum atomic E-state index is 12.7. The number of aryl methyl sites for hydroxylation is 1. The molecule has 1 atom stereocenters. The Labute approximate surface area is 133 Å². The van der Waals surface area contributed by atoms with Crippen molar-refractivity contribution in [2.75, 3.05) is 19.7 Å². The van der Waals surface area contributed by atoms with Gasteiger partial charge < -0.3 is 14.2 Å². The van der Waals surface area contributed by atoms with Gasteiger partial charge in [-0.25, -0.2) is 0 Å². The number of hydrogen-bond acceptors (Lipinski definition) is 3. The Morgan fingerprint density at radius 1 is 1.43 bits per heavy atom. The summed E-state index contributed by atoms with van der Waals surface area (Å²) in [5.41, 5.74) is 0.661. The summed E-state index contributed by atoms with van der Waals surface area (Å²) in [5.74, 6) is -0.408. The number of halogens is 1. The number of ether oxygens (including phenoxy) is 1. The van der Waals surface area contributed by atoms with E-state index in [1.165, 1.54) is 0 Å². The molecule has 0 radical (unpaired) electrons. The van der Waals surface area contributed by atoms with Crippen LogP contribution in [0.15, 0.2) is 16.7 Å². The van der Waals surface area contributed by atoms with Crippen LogP contribution in [0.25, 0.3) is 0 Å². The Kier molecular flexibility index (Phi) is 5.45. The van der Waals surface area contributed by atoms with Crippen LogP contribution in [0.5, 0.6) is 0 Å². The molecule has 0 spiro atoms. The number of piperidine rings is 1. The fourth-order valence-corrected chi connectivity index (χ4v) is 3.16. The van der Waals surface area contributed by atoms with Gasteiger partial charge in [-0.15, -0.1) is 0 Å². The predicted molar refractivity (Wildman–Crippen MR) is 83.1 cm³/mol. The number of rotatable bonds is 4. The highest BCUT2D eigenvalue weighted by Gasteiger charge is 2.30. The van der Waals surface area contributed by atoms with Crippen molar-refractivity contribution in [2.24, 2.45) is 5.92 Å². The minimum Gasteiger partial charge on any atom is -0.466 e. The zero-order valence-corrected chi connectivity index (χ0v) is 14.1. The average Bonchev–Trinajstić information content (AvgIpc) is 2.88. The van der Waals surface area contributed by atoms with Gasteiger partial charge >= 0.3 is 5.97 Å². The van der Waals surface area contributed by atoms with E-state index in [4.69, 9.17) is 4.74 Å². The summed E-state index contributed by atoms with van der Waals surface area (Å²) >= 11 is 3.41. The molecule has 21 heavy (non-hydrogen) atoms. The molecule has 1 aromatic rings. The van der Waals surface area contributed by atoms with Crippen LogP contribution in [-0.2, 0) is 16.1 Å². The smallest absolute Gasteiger partial charge is 0.310 e. The highest BCUT2D eigenvalue weighted by molar-refractivity contribution is 9.10. The van der Waals surface area contributed by atoms with Gasteiger partial charge in [0.15, 0.2) is 0 Å². The van der Waals surface area contributed by atoms with E-state index < -0.39 is 0 Å². The second kappa shape index (κ2) is 7.11. The topological polar surface area (TPSA) is 51.5 Å². The molecule has 5 nitrogen and oxygen atoms in total. The van der Waals surface area contributed by atoms with Crippen LogP contribution in [-0.4, -0.2) is 41.0 Å². The number of carbonyl (C=O) groups excluding carboxylic acids is 2. The molecule has 2 heterocycles. The van der Waals surface area contributed by atoms with E-state index in [9.17, 15) is 9.59 Å². The molecule has 0 bridgehead atoms. The van der Waals surface area contributed by atoms with Crippen LogP contribution in [0.3, 0.4) is 0 Å². The van der Waals surface area contributed by atoms with Gasteiger partial charge in [-0.1, -0.05) is 0 Å². The first-order chi connectivity index (χ1) is 10.1. The first-order valence-corrected chi connectivity index (χ1v) is 8.17. The van der Waals surface area contributed by atoms with E-state index in [0.717, 1.165) is 23.9 Å². The van der Waals surface area contributed by atoms with E-state index in [2.05, 4.69) is 15.9 Å². The van der Waals surface area contributed by atoms with Gasteiger partial charge in [-0.2, -0.15) is 0 Å². The lowest BCUT2D eigenvalue weighted by molar-refractivity contribution is -0.149. The Morgan fingerprint density at radius 2 is 2.19 bits per heavy atom. The van der Waals surface area contributed by atoms with Gasteiger partial charge in [0, 0.05) is 30.3 Å². The SMILES string of the molecule is CCOC(=O)[C@H]1CCCN(C(=O)c2cc(Br)cn2CC)C1. The molecule has 1 aliphatic heterocycles. The van der Waals surface area contributed by atoms with Gasteiger partial charge in [0.05, 0.1) is 12.5 Å². The van der Waals surface area contributed by atoms with Crippen molar-refractivity contribution in [1.82, 2.24) is 9.47 Å². The Morgan fingerprint density at radius 3 is 2.86 bits per heavy atom. The Balaban J connectivity index is 2.10. The standard InChI is InChI=1S/C15H21BrN2O3/c1-3-17-10-12(16)8-13(17)14(19)18-7-5-6-11(9-18)15(20)21-4-2/h8,10-11H,3-7,9H2,1-2H3/t11-/m0/s1. The molecular weight excluding hydrogens is 336 g/mol. The normalized spacial score (nSPS) is 18.6. The van der Waals surface area contributed by atoms with Crippen LogP contribution < -0.4 is 0 Å². The average molecular weight is 357 g/mol. The number of aromatic nitrogens is 1. The second-order valence-corrected chi connectivity index (χ2v) is 6.09. The Hall–Kier alpha value is -1.30. The first kappa shape index (κ1) is 16.1. The highest BCUT2D eigenvalue weighted by Crippen LogP contribution is 2.22. The van der Waals surface area contributed by atoms with Crippen molar-refractivity contribution < 1.29 is 14.3 Å². The van der Waals surface area contributed by atoms with Gasteiger partial charge in [-0.05, 0) is 48.7 Å². The largest absolute Gasteiger partial charge is 0.466 e. The molecule has 1 amide bonds. The molecule has 0 aromatic carbocycles. The van der Waals surface area contributed by atoms with E-state index in [1.807, 2.05) is 23.8 Å². The lowest BCUT2D eigenvalue weighted by atomic mass is 9.98. The van der Waals surface area contributed by atoms with Crippen molar-refractivity contribution in [2.45, 2.75) is 33.2 Å². The van der Waals surface area contributed by atoms with Crippen molar-refractivity contribution in [3.05, 3.63) is 22.4 Å². The van der Waals surface area contributed by atoms with Crippen LogP contribution in [0.1, 0.15) is 37.2 Å². The minimum atomic E-state index is -0.198. The van der Waals surface area contributed by atoms with E-state index in [1.54, 1.807) is 11.8 Å². The lowest BCUT2D eigenvalue weighted by Crippen LogP contribution is -2.43. The number of amides is 1. The molecule has 6 heteroatoms. The molecule has 2 rings (SSSR count). The van der Waals surface area contributed by atoms with Crippen LogP contribution in [0.4, 0.5) is 0 Å². The summed E-state index contributed by atoms with van der Waals surface area (Å²) in [5, 5.41) is 0. The Bertz CT molecular complexity index is 527. The van der Waals surface area contributed by atoms with Crippen LogP contribution in [0.2, 0.25) is 0 Å². The fourth-order valence-electron chi connectivity index (χ4n) is 2.69. The monoisotopic (exact) mass is 356 g/mol. The zero-order valence-electron chi connectivity index (χ0n) is 12.5. The third-order valence-electron chi connectivity index (χ3n) is 3.75. The molecule has 0 aliphatic carbocycles. The molecule has 116 valence electrons. The van der Waals surface area contributed by atoms with Crippen LogP contribution in [0, 0.1) is 5.92 Å². The summed E-state index contributed by atoms with van der Waals surface area (Å²) in [6.07, 6.45) is 3.53. The molecule has 1 saturated heterocycles. The van der Waals surface area contributed by atoms with Crippen molar-refractivity contribution in [3.8, 4) is 0 Å². The number of nitrogens with zero attached hydrogens (tertiary/aromatic N) is 2. The van der Waals surface area contributed by atoms with Crippen molar-refractivity contribution in [1.29, 1.82) is 0 Å². The zero-order chi connectivity index (χ0) is 15.4. The maximum absolute atomic E-state index is 12.7. The van der Waals surface area contributed by atoms with Gasteiger partial charge in [0.2, 0.25) is 0 Å². The molecule has 1 aromatic heterocycles. The summed E-state index contributed by atoms with van der Waals surface area (Å²) in [7, 11) is 0. The summed E-state index contributed by atoms with van der Waals surface area (Å²) in [6, 6.07) is 1.83. The molecule has 0 unspecified atom stereocenters. The predicted octanol–water partition coefficient (Wildman–Crippen LogP) is 2.69. The first-order valence-electron chi connectivity index (χ1n) is 7.38. The van der Waals surface area contributed by atoms with Gasteiger partial charge in [0.1, 0.15) is 5.69 Å². The minimum absolute atomic E-state index is 0.0171. The van der Waals surface area contributed by atoms with Gasteiger partial charge in [0.25, 0.3) is 5.91 Å². The van der Waals surface area contributed by atoms with Crippen molar-refractivity contribution in [3.63, 3.8) is 0 Å². The highest BCUT2D eigenvalue weighted by atomic mass is 79.9.